The van der Waals surface area contributed by atoms with Gasteiger partial charge in [0.05, 0.1) is 4.92 Å². The number of halogens is 1. The number of benzene rings is 2. The van der Waals surface area contributed by atoms with Gasteiger partial charge in [-0.25, -0.2) is 0 Å². The monoisotopic (exact) mass is 359 g/mol. The number of nitro groups is 1. The van der Waals surface area contributed by atoms with Crippen molar-refractivity contribution in [3.05, 3.63) is 63.8 Å². The number of H-pyrrole nitrogens is 1. The van der Waals surface area contributed by atoms with Gasteiger partial charge in [-0.05, 0) is 30.2 Å². The zero-order chi connectivity index (χ0) is 18.0. The van der Waals surface area contributed by atoms with E-state index in [0.717, 1.165) is 5.56 Å². The van der Waals surface area contributed by atoms with Crippen molar-refractivity contribution < 1.29 is 14.8 Å². The van der Waals surface area contributed by atoms with Gasteiger partial charge in [0.1, 0.15) is 11.4 Å². The van der Waals surface area contributed by atoms with Crippen LogP contribution in [0.4, 0.5) is 11.4 Å². The van der Waals surface area contributed by atoms with Crippen LogP contribution in [0, 0.1) is 10.1 Å². The van der Waals surface area contributed by atoms with E-state index in [4.69, 9.17) is 11.6 Å². The Morgan fingerprint density at radius 3 is 2.76 bits per heavy atom. The summed E-state index contributed by atoms with van der Waals surface area (Å²) in [4.78, 5) is 25.8. The summed E-state index contributed by atoms with van der Waals surface area (Å²) in [5.41, 5.74) is 2.10. The van der Waals surface area contributed by atoms with Gasteiger partial charge in [-0.1, -0.05) is 6.07 Å². The minimum Gasteiger partial charge on any atom is -0.508 e. The van der Waals surface area contributed by atoms with Gasteiger partial charge >= 0.3 is 0 Å². The highest BCUT2D eigenvalue weighted by atomic mass is 35.5. The standard InChI is InChI=1S/C17H14ClN3O4/c18-6-5-10-1-3-13(22)9-15(10)20-17(23)16-8-11-7-12(21(24)25)2-4-14(11)19-16/h1-4,7-9,19,22H,5-6H2,(H,20,23). The maximum Gasteiger partial charge on any atom is 0.272 e. The smallest absolute Gasteiger partial charge is 0.272 e. The number of nitro benzene ring substituents is 1. The number of hydrogen-bond donors (Lipinski definition) is 3. The lowest BCUT2D eigenvalue weighted by Gasteiger charge is -2.10. The first-order valence-corrected chi connectivity index (χ1v) is 7.98. The van der Waals surface area contributed by atoms with E-state index in [9.17, 15) is 20.0 Å². The molecule has 128 valence electrons. The second-order valence-electron chi connectivity index (χ2n) is 5.45. The zero-order valence-corrected chi connectivity index (χ0v) is 13.7. The number of hydrogen-bond acceptors (Lipinski definition) is 4. The minimum atomic E-state index is -0.489. The quantitative estimate of drug-likeness (QED) is 0.365. The van der Waals surface area contributed by atoms with Crippen molar-refractivity contribution in [3.8, 4) is 5.75 Å². The predicted molar refractivity (Wildman–Crippen MR) is 95.4 cm³/mol. The topological polar surface area (TPSA) is 108 Å². The Hall–Kier alpha value is -3.06. The van der Waals surface area contributed by atoms with Crippen LogP contribution < -0.4 is 5.32 Å². The second kappa shape index (κ2) is 6.82. The number of phenols is 1. The Balaban J connectivity index is 1.90. The van der Waals surface area contributed by atoms with Crippen molar-refractivity contribution >= 4 is 39.8 Å². The van der Waals surface area contributed by atoms with Crippen molar-refractivity contribution in [1.29, 1.82) is 0 Å². The van der Waals surface area contributed by atoms with Crippen LogP contribution in [-0.2, 0) is 6.42 Å². The molecule has 0 saturated heterocycles. The molecular weight excluding hydrogens is 346 g/mol. The van der Waals surface area contributed by atoms with E-state index < -0.39 is 10.8 Å². The van der Waals surface area contributed by atoms with Crippen molar-refractivity contribution in [1.82, 2.24) is 4.98 Å². The fraction of sp³-hybridized carbons (Fsp3) is 0.118. The number of amides is 1. The third kappa shape index (κ3) is 3.56. The number of anilines is 1. The summed E-state index contributed by atoms with van der Waals surface area (Å²) in [7, 11) is 0. The van der Waals surface area contributed by atoms with Crippen molar-refractivity contribution in [3.63, 3.8) is 0 Å². The molecule has 0 aliphatic rings. The van der Waals surface area contributed by atoms with E-state index in [-0.39, 0.29) is 17.1 Å². The Morgan fingerprint density at radius 2 is 2.04 bits per heavy atom. The second-order valence-corrected chi connectivity index (χ2v) is 5.82. The highest BCUT2D eigenvalue weighted by Crippen LogP contribution is 2.25. The van der Waals surface area contributed by atoms with E-state index in [0.29, 0.717) is 28.9 Å². The third-order valence-electron chi connectivity index (χ3n) is 3.77. The number of rotatable bonds is 5. The first kappa shape index (κ1) is 16.8. The molecule has 0 bridgehead atoms. The lowest BCUT2D eigenvalue weighted by Crippen LogP contribution is -2.13. The van der Waals surface area contributed by atoms with E-state index >= 15 is 0 Å². The van der Waals surface area contributed by atoms with E-state index in [1.54, 1.807) is 18.2 Å². The number of phenolic OH excluding ortho intramolecular Hbond substituents is 1. The number of alkyl halides is 1. The summed E-state index contributed by atoms with van der Waals surface area (Å²) >= 11 is 5.76. The fourth-order valence-corrected chi connectivity index (χ4v) is 2.75. The number of aryl methyl sites for hydroxylation is 1. The lowest BCUT2D eigenvalue weighted by molar-refractivity contribution is -0.384. The van der Waals surface area contributed by atoms with Crippen LogP contribution in [0.3, 0.4) is 0 Å². The lowest BCUT2D eigenvalue weighted by atomic mass is 10.1. The Kier molecular flexibility index (Phi) is 4.58. The Bertz CT molecular complexity index is 968. The van der Waals surface area contributed by atoms with Gasteiger partial charge in [-0.15, -0.1) is 11.6 Å². The van der Waals surface area contributed by atoms with E-state index in [1.807, 2.05) is 0 Å². The Morgan fingerprint density at radius 1 is 1.24 bits per heavy atom. The fourth-order valence-electron chi connectivity index (χ4n) is 2.55. The molecule has 8 heteroatoms. The summed E-state index contributed by atoms with van der Waals surface area (Å²) in [6.45, 7) is 0. The summed E-state index contributed by atoms with van der Waals surface area (Å²) in [6, 6.07) is 10.5. The number of aromatic amines is 1. The molecule has 1 aromatic heterocycles. The van der Waals surface area contributed by atoms with Gasteiger partial charge in [0, 0.05) is 40.7 Å². The molecule has 3 N–H and O–H groups in total. The number of carbonyl (C=O) groups is 1. The first-order valence-electron chi connectivity index (χ1n) is 7.44. The third-order valence-corrected chi connectivity index (χ3v) is 3.95. The van der Waals surface area contributed by atoms with Gasteiger partial charge in [0.2, 0.25) is 0 Å². The van der Waals surface area contributed by atoms with Crippen LogP contribution in [0.15, 0.2) is 42.5 Å². The molecule has 0 atom stereocenters. The van der Waals surface area contributed by atoms with Crippen LogP contribution in [0.25, 0.3) is 10.9 Å². The van der Waals surface area contributed by atoms with Crippen LogP contribution in [0.2, 0.25) is 0 Å². The average molecular weight is 360 g/mol. The molecule has 7 nitrogen and oxygen atoms in total. The number of non-ortho nitro benzene ring substituents is 1. The van der Waals surface area contributed by atoms with Crippen molar-refractivity contribution in [2.24, 2.45) is 0 Å². The summed E-state index contributed by atoms with van der Waals surface area (Å²) in [5.74, 6) is -0.00913. The highest BCUT2D eigenvalue weighted by molar-refractivity contribution is 6.18. The molecule has 0 aliphatic heterocycles. The normalized spacial score (nSPS) is 10.8. The Labute approximate surface area is 147 Å². The van der Waals surface area contributed by atoms with E-state index in [1.165, 1.54) is 24.3 Å². The number of aromatic nitrogens is 1. The van der Waals surface area contributed by atoms with Crippen LogP contribution in [0.5, 0.6) is 5.75 Å². The van der Waals surface area contributed by atoms with Gasteiger partial charge in [-0.2, -0.15) is 0 Å². The highest BCUT2D eigenvalue weighted by Gasteiger charge is 2.14. The van der Waals surface area contributed by atoms with Gasteiger partial charge in [-0.3, -0.25) is 14.9 Å². The number of nitrogens with one attached hydrogen (secondary N) is 2. The molecular formula is C17H14ClN3O4. The summed E-state index contributed by atoms with van der Waals surface area (Å²) < 4.78 is 0. The number of fused-ring (bicyclic) bond motifs is 1. The van der Waals surface area contributed by atoms with Crippen molar-refractivity contribution in [2.45, 2.75) is 6.42 Å². The van der Waals surface area contributed by atoms with E-state index in [2.05, 4.69) is 10.3 Å². The number of carbonyl (C=O) groups excluding carboxylic acids is 1. The molecule has 3 aromatic rings. The molecule has 0 fully saturated rings. The average Bonchev–Trinajstić information content (AvgIpc) is 3.00. The molecule has 25 heavy (non-hydrogen) atoms. The molecule has 1 heterocycles. The first-order chi connectivity index (χ1) is 12.0. The molecule has 0 aliphatic carbocycles. The maximum absolute atomic E-state index is 12.5. The molecule has 0 radical (unpaired) electrons. The van der Waals surface area contributed by atoms with Gasteiger partial charge < -0.3 is 15.4 Å². The SMILES string of the molecule is O=C(Nc1cc(O)ccc1CCCl)c1cc2cc([N+](=O)[O-])ccc2[nH]1. The molecule has 0 saturated carbocycles. The molecule has 1 amide bonds. The van der Waals surface area contributed by atoms with Crippen LogP contribution in [-0.4, -0.2) is 26.8 Å². The largest absolute Gasteiger partial charge is 0.508 e. The van der Waals surface area contributed by atoms with Crippen molar-refractivity contribution in [2.75, 3.05) is 11.2 Å². The number of aromatic hydroxyl groups is 1. The predicted octanol–water partition coefficient (Wildman–Crippen LogP) is 3.82. The number of nitrogens with zero attached hydrogens (tertiary/aromatic N) is 1. The summed E-state index contributed by atoms with van der Waals surface area (Å²) in [6.07, 6.45) is 0.538. The molecule has 2 aromatic carbocycles. The molecule has 3 rings (SSSR count). The molecule has 0 unspecified atom stereocenters. The molecule has 0 spiro atoms. The van der Waals surface area contributed by atoms with Gasteiger partial charge in [0.25, 0.3) is 11.6 Å². The van der Waals surface area contributed by atoms with Crippen LogP contribution >= 0.6 is 11.6 Å². The minimum absolute atomic E-state index is 0.0286. The summed E-state index contributed by atoms with van der Waals surface area (Å²) in [5, 5.41) is 23.8. The zero-order valence-electron chi connectivity index (χ0n) is 13.0. The van der Waals surface area contributed by atoms with Crippen LogP contribution in [0.1, 0.15) is 16.1 Å². The van der Waals surface area contributed by atoms with Gasteiger partial charge in [0.15, 0.2) is 0 Å². The maximum atomic E-state index is 12.5.